The molecule has 1 heterocycles. The number of rotatable bonds is 15. The smallest absolute Gasteiger partial charge is 0.370 e. The minimum atomic E-state index is -4.50. The largest absolute Gasteiger partial charge is 0.397 e. The first-order chi connectivity index (χ1) is 18.7. The predicted molar refractivity (Wildman–Crippen MR) is 160 cm³/mol. The second-order valence-corrected chi connectivity index (χ2v) is 14.2. The maximum absolute atomic E-state index is 12.9. The molecule has 0 radical (unpaired) electrons. The summed E-state index contributed by atoms with van der Waals surface area (Å²) in [6.07, 6.45) is 14.9. The number of amides is 1. The third-order valence-corrected chi connectivity index (χ3v) is 10.4. The standard InChI is InChI=1S/C30H52N4O5S/c1-22-12-13-25-26(11-8-16-29(25,2)3)30(22,4)17-14-23(21-39-40(36,37)38)9-7-10-24-15-20-34(27(24)35)19-6-5-18-33-28(31)32/h11,15,22-23,25H,5-10,12-14,16-21H2,1-4H3,(H4,31,32,33)(H,36,37,38)/t22-,23?,25-,30-/m0/s1. The summed E-state index contributed by atoms with van der Waals surface area (Å²) in [6.45, 7) is 11.4. The summed E-state index contributed by atoms with van der Waals surface area (Å²) in [5, 5.41) is 0. The average molecular weight is 581 g/mol. The van der Waals surface area contributed by atoms with E-state index in [2.05, 4.69) is 38.8 Å². The maximum atomic E-state index is 12.9. The van der Waals surface area contributed by atoms with Crippen LogP contribution < -0.4 is 11.5 Å². The van der Waals surface area contributed by atoms with Gasteiger partial charge in [0.25, 0.3) is 0 Å². The molecular weight excluding hydrogens is 528 g/mol. The van der Waals surface area contributed by atoms with Gasteiger partial charge in [-0.05, 0) is 99.2 Å². The zero-order chi connectivity index (χ0) is 29.6. The van der Waals surface area contributed by atoms with Crippen LogP contribution in [0, 0.1) is 28.6 Å². The van der Waals surface area contributed by atoms with Crippen LogP contribution >= 0.6 is 0 Å². The summed E-state index contributed by atoms with van der Waals surface area (Å²) in [5.41, 5.74) is 13.5. The first-order valence-corrected chi connectivity index (χ1v) is 16.5. The lowest BCUT2D eigenvalue weighted by Crippen LogP contribution is -2.43. The van der Waals surface area contributed by atoms with Crippen LogP contribution in [0.5, 0.6) is 0 Å². The van der Waals surface area contributed by atoms with E-state index in [1.807, 2.05) is 11.0 Å². The first kappa shape index (κ1) is 32.6. The van der Waals surface area contributed by atoms with Crippen LogP contribution in [0.1, 0.15) is 98.3 Å². The second-order valence-electron chi connectivity index (χ2n) is 13.1. The lowest BCUT2D eigenvalue weighted by Gasteiger charge is -2.53. The van der Waals surface area contributed by atoms with Crippen molar-refractivity contribution in [2.24, 2.45) is 45.0 Å². The molecule has 0 spiro atoms. The average Bonchev–Trinajstić information content (AvgIpc) is 3.21. The van der Waals surface area contributed by atoms with Gasteiger partial charge in [0.05, 0.1) is 6.61 Å². The first-order valence-electron chi connectivity index (χ1n) is 15.1. The van der Waals surface area contributed by atoms with Crippen molar-refractivity contribution in [1.82, 2.24) is 4.90 Å². The fraction of sp³-hybridized carbons (Fsp3) is 0.800. The van der Waals surface area contributed by atoms with E-state index >= 15 is 0 Å². The number of fused-ring (bicyclic) bond motifs is 1. The summed E-state index contributed by atoms with van der Waals surface area (Å²) >= 11 is 0. The van der Waals surface area contributed by atoms with Crippen LogP contribution in [0.15, 0.2) is 28.3 Å². The van der Waals surface area contributed by atoms with Crippen molar-refractivity contribution in [1.29, 1.82) is 0 Å². The van der Waals surface area contributed by atoms with Crippen LogP contribution in [-0.4, -0.2) is 56.0 Å². The maximum Gasteiger partial charge on any atom is 0.397 e. The monoisotopic (exact) mass is 580 g/mol. The van der Waals surface area contributed by atoms with Gasteiger partial charge in [-0.25, -0.2) is 4.18 Å². The molecule has 0 saturated heterocycles. The van der Waals surface area contributed by atoms with E-state index in [0.29, 0.717) is 43.3 Å². The van der Waals surface area contributed by atoms with E-state index < -0.39 is 10.4 Å². The Balaban J connectivity index is 1.55. The lowest BCUT2D eigenvalue weighted by atomic mass is 9.52. The number of carbonyl (C=O) groups excluding carboxylic acids is 1. The highest BCUT2D eigenvalue weighted by Crippen LogP contribution is 2.58. The van der Waals surface area contributed by atoms with E-state index in [1.165, 1.54) is 19.3 Å². The number of unbranched alkanes of at least 4 members (excludes halogenated alkanes) is 1. The van der Waals surface area contributed by atoms with Crippen molar-refractivity contribution >= 4 is 22.3 Å². The van der Waals surface area contributed by atoms with Crippen LogP contribution in [0.2, 0.25) is 0 Å². The quantitative estimate of drug-likeness (QED) is 0.0812. The number of nitrogens with two attached hydrogens (primary N) is 2. The topological polar surface area (TPSA) is 148 Å². The Morgan fingerprint density at radius 1 is 1.18 bits per heavy atom. The number of aliphatic imine (C=N–C) groups is 1. The van der Waals surface area contributed by atoms with Crippen LogP contribution in [0.4, 0.5) is 0 Å². The molecule has 1 unspecified atom stereocenters. The molecule has 40 heavy (non-hydrogen) atoms. The van der Waals surface area contributed by atoms with Gasteiger partial charge >= 0.3 is 10.4 Å². The minimum absolute atomic E-state index is 0.0210. The van der Waals surface area contributed by atoms with E-state index in [-0.39, 0.29) is 29.8 Å². The Hall–Kier alpha value is -1.91. The molecule has 0 bridgehead atoms. The van der Waals surface area contributed by atoms with Crippen molar-refractivity contribution in [3.8, 4) is 0 Å². The molecule has 4 atom stereocenters. The molecule has 1 fully saturated rings. The summed E-state index contributed by atoms with van der Waals surface area (Å²) in [4.78, 5) is 18.7. The molecule has 3 aliphatic rings. The third kappa shape index (κ3) is 8.79. The molecule has 2 aliphatic carbocycles. The van der Waals surface area contributed by atoms with Gasteiger partial charge < -0.3 is 16.4 Å². The molecule has 3 rings (SSSR count). The normalized spacial score (nSPS) is 27.1. The summed E-state index contributed by atoms with van der Waals surface area (Å²) < 4.78 is 36.9. The van der Waals surface area contributed by atoms with Gasteiger partial charge in [0.15, 0.2) is 5.96 Å². The molecule has 10 heteroatoms. The van der Waals surface area contributed by atoms with Crippen LogP contribution in [0.25, 0.3) is 0 Å². The van der Waals surface area contributed by atoms with Gasteiger partial charge in [0.2, 0.25) is 5.91 Å². The lowest BCUT2D eigenvalue weighted by molar-refractivity contribution is -0.125. The van der Waals surface area contributed by atoms with Crippen molar-refractivity contribution < 1.29 is 21.9 Å². The van der Waals surface area contributed by atoms with Gasteiger partial charge in [-0.2, -0.15) is 8.42 Å². The van der Waals surface area contributed by atoms with Crippen LogP contribution in [0.3, 0.4) is 0 Å². The number of nitrogens with zero attached hydrogens (tertiary/aromatic N) is 2. The number of hydrogen-bond acceptors (Lipinski definition) is 5. The van der Waals surface area contributed by atoms with Gasteiger partial charge in [-0.3, -0.25) is 14.3 Å². The Kier molecular flexibility index (Phi) is 11.3. The molecule has 1 aliphatic heterocycles. The molecule has 0 aromatic rings. The van der Waals surface area contributed by atoms with Crippen molar-refractivity contribution in [2.45, 2.75) is 98.3 Å². The zero-order valence-corrected chi connectivity index (χ0v) is 25.8. The van der Waals surface area contributed by atoms with Gasteiger partial charge in [-0.1, -0.05) is 45.4 Å². The molecule has 0 aromatic carbocycles. The molecule has 5 N–H and O–H groups in total. The van der Waals surface area contributed by atoms with Gasteiger partial charge in [0.1, 0.15) is 0 Å². The second kappa shape index (κ2) is 13.8. The summed E-state index contributed by atoms with van der Waals surface area (Å²) in [7, 11) is -4.50. The molecule has 228 valence electrons. The highest BCUT2D eigenvalue weighted by molar-refractivity contribution is 7.80. The SMILES string of the molecule is C[C@H]1CC[C@H]2C(=CCCC2(C)C)[C@@]1(C)CCC(CCCC1=CCN(CCCCN=C(N)N)C1=O)COS(=O)(=O)O. The van der Waals surface area contributed by atoms with Crippen LogP contribution in [-0.2, 0) is 19.4 Å². The van der Waals surface area contributed by atoms with E-state index in [4.69, 9.17) is 15.7 Å². The molecule has 9 nitrogen and oxygen atoms in total. The summed E-state index contributed by atoms with van der Waals surface area (Å²) in [6, 6.07) is 0. The minimum Gasteiger partial charge on any atom is -0.370 e. The van der Waals surface area contributed by atoms with Crippen molar-refractivity contribution in [2.75, 3.05) is 26.2 Å². The molecule has 1 saturated carbocycles. The zero-order valence-electron chi connectivity index (χ0n) is 25.0. The molecule has 0 aromatic heterocycles. The van der Waals surface area contributed by atoms with Crippen molar-refractivity contribution in [3.63, 3.8) is 0 Å². The van der Waals surface area contributed by atoms with Gasteiger partial charge in [0, 0.05) is 25.2 Å². The highest BCUT2D eigenvalue weighted by atomic mass is 32.3. The predicted octanol–water partition coefficient (Wildman–Crippen LogP) is 4.99. The Morgan fingerprint density at radius 3 is 2.62 bits per heavy atom. The molecule has 1 amide bonds. The number of guanidine groups is 1. The Morgan fingerprint density at radius 2 is 1.93 bits per heavy atom. The van der Waals surface area contributed by atoms with Crippen molar-refractivity contribution in [3.05, 3.63) is 23.3 Å². The third-order valence-electron chi connectivity index (χ3n) is 9.94. The number of carbonyl (C=O) groups is 1. The van der Waals surface area contributed by atoms with E-state index in [9.17, 15) is 17.8 Å². The highest BCUT2D eigenvalue weighted by Gasteiger charge is 2.47. The van der Waals surface area contributed by atoms with Gasteiger partial charge in [-0.15, -0.1) is 0 Å². The Labute approximate surface area is 241 Å². The summed E-state index contributed by atoms with van der Waals surface area (Å²) in [5.74, 6) is 1.30. The Bertz CT molecular complexity index is 1080. The fourth-order valence-electron chi connectivity index (χ4n) is 7.12. The fourth-order valence-corrected chi connectivity index (χ4v) is 7.49. The molecular formula is C30H52N4O5S. The van der Waals surface area contributed by atoms with E-state index in [1.54, 1.807) is 5.57 Å². The van der Waals surface area contributed by atoms with E-state index in [0.717, 1.165) is 50.5 Å². The number of hydrogen-bond donors (Lipinski definition) is 3. The number of allylic oxidation sites excluding steroid dienone is 2.